The van der Waals surface area contributed by atoms with Gasteiger partial charge in [-0.1, -0.05) is 6.07 Å². The van der Waals surface area contributed by atoms with E-state index in [2.05, 4.69) is 10.6 Å². The number of benzene rings is 1. The molecule has 84 valence electrons. The number of hydrogen-bond acceptors (Lipinski definition) is 2. The zero-order chi connectivity index (χ0) is 11.1. The normalized spacial score (nSPS) is 10.6. The molecular formula is C11H16F2N2. The third-order valence-electron chi connectivity index (χ3n) is 2.17. The Morgan fingerprint density at radius 2 is 1.73 bits per heavy atom. The zero-order valence-corrected chi connectivity index (χ0v) is 8.82. The minimum atomic E-state index is -0.467. The maximum atomic E-state index is 13.1. The lowest BCUT2D eigenvalue weighted by Gasteiger charge is -2.06. The van der Waals surface area contributed by atoms with Crippen molar-refractivity contribution in [3.63, 3.8) is 0 Å². The molecule has 4 heteroatoms. The van der Waals surface area contributed by atoms with Crippen molar-refractivity contribution in [1.29, 1.82) is 0 Å². The van der Waals surface area contributed by atoms with E-state index in [0.29, 0.717) is 13.0 Å². The summed E-state index contributed by atoms with van der Waals surface area (Å²) < 4.78 is 26.3. The van der Waals surface area contributed by atoms with Gasteiger partial charge in [-0.3, -0.25) is 0 Å². The van der Waals surface area contributed by atoms with Gasteiger partial charge in [0.2, 0.25) is 0 Å². The Morgan fingerprint density at radius 3 is 2.33 bits per heavy atom. The lowest BCUT2D eigenvalue weighted by molar-refractivity contribution is 0.545. The van der Waals surface area contributed by atoms with Crippen LogP contribution < -0.4 is 10.6 Å². The van der Waals surface area contributed by atoms with Crippen molar-refractivity contribution in [1.82, 2.24) is 10.6 Å². The van der Waals surface area contributed by atoms with Crippen LogP contribution in [0.4, 0.5) is 8.78 Å². The highest BCUT2D eigenvalue weighted by Gasteiger charge is 2.06. The lowest BCUT2D eigenvalue weighted by atomic mass is 10.1. The first kappa shape index (κ1) is 12.1. The molecule has 0 saturated carbocycles. The zero-order valence-electron chi connectivity index (χ0n) is 8.82. The largest absolute Gasteiger partial charge is 0.318 e. The predicted octanol–water partition coefficient (Wildman–Crippen LogP) is 1.32. The van der Waals surface area contributed by atoms with Crippen molar-refractivity contribution in [3.8, 4) is 0 Å². The van der Waals surface area contributed by atoms with E-state index < -0.39 is 11.6 Å². The molecule has 0 aliphatic heterocycles. The van der Waals surface area contributed by atoms with Gasteiger partial charge in [0, 0.05) is 18.7 Å². The van der Waals surface area contributed by atoms with Gasteiger partial charge >= 0.3 is 0 Å². The van der Waals surface area contributed by atoms with E-state index in [1.165, 1.54) is 18.2 Å². The second-order valence-electron chi connectivity index (χ2n) is 3.30. The molecule has 0 aliphatic carbocycles. The van der Waals surface area contributed by atoms with Crippen LogP contribution in [0.1, 0.15) is 5.56 Å². The second-order valence-corrected chi connectivity index (χ2v) is 3.30. The Labute approximate surface area is 88.7 Å². The summed E-state index contributed by atoms with van der Waals surface area (Å²) in [5.41, 5.74) is 0.162. The van der Waals surface area contributed by atoms with E-state index in [1.54, 1.807) is 0 Å². The first-order valence-electron chi connectivity index (χ1n) is 5.04. The van der Waals surface area contributed by atoms with Crippen LogP contribution in [-0.4, -0.2) is 26.7 Å². The minimum absolute atomic E-state index is 0.162. The van der Waals surface area contributed by atoms with Crippen LogP contribution in [0, 0.1) is 11.6 Å². The predicted molar refractivity (Wildman–Crippen MR) is 56.9 cm³/mol. The topological polar surface area (TPSA) is 24.1 Å². The van der Waals surface area contributed by atoms with Gasteiger partial charge in [-0.2, -0.15) is 0 Å². The molecule has 0 atom stereocenters. The van der Waals surface area contributed by atoms with Gasteiger partial charge in [-0.25, -0.2) is 8.78 Å². The second kappa shape index (κ2) is 6.48. The maximum absolute atomic E-state index is 13.1. The van der Waals surface area contributed by atoms with Crippen molar-refractivity contribution in [2.75, 3.05) is 26.7 Å². The third-order valence-corrected chi connectivity index (χ3v) is 2.17. The fourth-order valence-electron chi connectivity index (χ4n) is 1.32. The monoisotopic (exact) mass is 214 g/mol. The smallest absolute Gasteiger partial charge is 0.129 e. The van der Waals surface area contributed by atoms with Gasteiger partial charge < -0.3 is 10.6 Å². The highest BCUT2D eigenvalue weighted by Crippen LogP contribution is 2.11. The van der Waals surface area contributed by atoms with Gasteiger partial charge in [0.1, 0.15) is 11.6 Å². The standard InChI is InChI=1S/C11H16F2N2/c1-14-7-8-15-6-5-9-10(12)3-2-4-11(9)13/h2-4,14-15H,5-8H2,1H3. The molecule has 0 spiro atoms. The van der Waals surface area contributed by atoms with E-state index in [0.717, 1.165) is 13.1 Å². The summed E-state index contributed by atoms with van der Waals surface area (Å²) in [6.45, 7) is 2.23. The van der Waals surface area contributed by atoms with Crippen LogP contribution in [-0.2, 0) is 6.42 Å². The molecule has 1 rings (SSSR count). The Balaban J connectivity index is 2.37. The summed E-state index contributed by atoms with van der Waals surface area (Å²) >= 11 is 0. The van der Waals surface area contributed by atoms with E-state index >= 15 is 0 Å². The minimum Gasteiger partial charge on any atom is -0.318 e. The molecule has 0 heterocycles. The molecule has 1 aromatic carbocycles. The lowest BCUT2D eigenvalue weighted by Crippen LogP contribution is -2.26. The number of hydrogen-bond donors (Lipinski definition) is 2. The molecule has 0 saturated heterocycles. The molecule has 15 heavy (non-hydrogen) atoms. The summed E-state index contributed by atoms with van der Waals surface area (Å²) in [4.78, 5) is 0. The first-order valence-corrected chi connectivity index (χ1v) is 5.04. The highest BCUT2D eigenvalue weighted by atomic mass is 19.1. The number of likely N-dealkylation sites (N-methyl/N-ethyl adjacent to an activating group) is 1. The third kappa shape index (κ3) is 3.93. The average molecular weight is 214 g/mol. The van der Waals surface area contributed by atoms with Crippen molar-refractivity contribution in [2.24, 2.45) is 0 Å². The molecule has 0 radical (unpaired) electrons. The van der Waals surface area contributed by atoms with Gasteiger partial charge in [0.15, 0.2) is 0 Å². The first-order chi connectivity index (χ1) is 7.25. The van der Waals surface area contributed by atoms with Crippen LogP contribution in [0.3, 0.4) is 0 Å². The Bertz CT molecular complexity index is 282. The highest BCUT2D eigenvalue weighted by molar-refractivity contribution is 5.19. The maximum Gasteiger partial charge on any atom is 0.129 e. The Kier molecular flexibility index (Phi) is 5.21. The van der Waals surface area contributed by atoms with Gasteiger partial charge in [-0.15, -0.1) is 0 Å². The van der Waals surface area contributed by atoms with Crippen LogP contribution in [0.15, 0.2) is 18.2 Å². The van der Waals surface area contributed by atoms with E-state index in [4.69, 9.17) is 0 Å². The van der Waals surface area contributed by atoms with Crippen LogP contribution >= 0.6 is 0 Å². The van der Waals surface area contributed by atoms with E-state index in [9.17, 15) is 8.78 Å². The number of rotatable bonds is 6. The molecule has 2 N–H and O–H groups in total. The molecule has 0 amide bonds. The fourth-order valence-corrected chi connectivity index (χ4v) is 1.32. The number of nitrogens with one attached hydrogen (secondary N) is 2. The van der Waals surface area contributed by atoms with Crippen LogP contribution in [0.5, 0.6) is 0 Å². The van der Waals surface area contributed by atoms with Gasteiger partial charge in [0.05, 0.1) is 0 Å². The van der Waals surface area contributed by atoms with E-state index in [-0.39, 0.29) is 5.56 Å². The molecule has 0 fully saturated rings. The quantitative estimate of drug-likeness (QED) is 0.698. The van der Waals surface area contributed by atoms with Gasteiger partial charge in [-0.05, 0) is 32.1 Å². The Hall–Kier alpha value is -1.00. The van der Waals surface area contributed by atoms with Crippen molar-refractivity contribution >= 4 is 0 Å². The molecule has 0 bridgehead atoms. The number of halogens is 2. The Morgan fingerprint density at radius 1 is 1.07 bits per heavy atom. The van der Waals surface area contributed by atoms with Crippen LogP contribution in [0.25, 0.3) is 0 Å². The molecule has 1 aromatic rings. The summed E-state index contributed by atoms with van der Waals surface area (Å²) in [7, 11) is 1.86. The van der Waals surface area contributed by atoms with Crippen LogP contribution in [0.2, 0.25) is 0 Å². The van der Waals surface area contributed by atoms with Crippen molar-refractivity contribution in [3.05, 3.63) is 35.4 Å². The SMILES string of the molecule is CNCCNCCc1c(F)cccc1F. The fraction of sp³-hybridized carbons (Fsp3) is 0.455. The average Bonchev–Trinajstić information content (AvgIpc) is 2.21. The molecule has 0 unspecified atom stereocenters. The molecule has 0 aliphatic rings. The summed E-state index contributed by atoms with van der Waals surface area (Å²) in [5.74, 6) is -0.934. The van der Waals surface area contributed by atoms with E-state index in [1.807, 2.05) is 7.05 Å². The van der Waals surface area contributed by atoms with Gasteiger partial charge in [0.25, 0.3) is 0 Å². The van der Waals surface area contributed by atoms with Crippen molar-refractivity contribution < 1.29 is 8.78 Å². The summed E-state index contributed by atoms with van der Waals surface area (Å²) in [5, 5.41) is 6.07. The molecule has 2 nitrogen and oxygen atoms in total. The molecular weight excluding hydrogens is 198 g/mol. The molecule has 0 aromatic heterocycles. The summed E-state index contributed by atoms with van der Waals surface area (Å²) in [6.07, 6.45) is 0.377. The summed E-state index contributed by atoms with van der Waals surface area (Å²) in [6, 6.07) is 3.95. The van der Waals surface area contributed by atoms with Crippen molar-refractivity contribution in [2.45, 2.75) is 6.42 Å².